The number of hydrogen-bond acceptors (Lipinski definition) is 3. The minimum Gasteiger partial charge on any atom is -0.444 e. The molecule has 1 saturated heterocycles. The van der Waals surface area contributed by atoms with Gasteiger partial charge in [-0.3, -0.25) is 0 Å². The quantitative estimate of drug-likeness (QED) is 0.649. The third-order valence-electron chi connectivity index (χ3n) is 1.57. The van der Waals surface area contributed by atoms with E-state index < -0.39 is 43.5 Å². The van der Waals surface area contributed by atoms with Crippen LogP contribution in [0, 0.1) is 0 Å². The van der Waals surface area contributed by atoms with Crippen molar-refractivity contribution >= 4 is 6.09 Å². The van der Waals surface area contributed by atoms with Gasteiger partial charge in [-0.15, -0.1) is 0 Å². The summed E-state index contributed by atoms with van der Waals surface area (Å²) < 4.78 is 43.6. The monoisotopic (exact) mass is 205 g/mol. The van der Waals surface area contributed by atoms with Crippen LogP contribution in [0.15, 0.2) is 0 Å². The maximum atomic E-state index is 11.9. The Hall–Kier alpha value is -0.770. The van der Waals surface area contributed by atoms with Crippen molar-refractivity contribution in [1.29, 1.82) is 0 Å². The number of piperidine rings is 1. The maximum Gasteiger partial charge on any atom is 0.410 e. The molecular weight excluding hydrogens is 180 g/mol. The van der Waals surface area contributed by atoms with E-state index >= 15 is 0 Å². The van der Waals surface area contributed by atoms with E-state index in [0.717, 1.165) is 4.90 Å². The topological polar surface area (TPSA) is 55.6 Å². The van der Waals surface area contributed by atoms with Crippen LogP contribution < -0.4 is 5.73 Å². The molecule has 1 aliphatic rings. The van der Waals surface area contributed by atoms with E-state index in [4.69, 9.17) is 17.3 Å². The second kappa shape index (κ2) is 4.17. The van der Waals surface area contributed by atoms with Crippen molar-refractivity contribution in [1.82, 2.24) is 4.90 Å². The normalized spacial score (nSPS) is 34.3. The summed E-state index contributed by atoms with van der Waals surface area (Å²) in [5.41, 5.74) is 4.71. The summed E-state index contributed by atoms with van der Waals surface area (Å²) in [6, 6.07) is -2.42. The Labute approximate surface area is 92.4 Å². The van der Waals surface area contributed by atoms with Crippen LogP contribution in [0.2, 0.25) is 0 Å². The Bertz CT molecular complexity index is 359. The molecule has 0 aromatic carbocycles. The van der Waals surface area contributed by atoms with Crippen LogP contribution in [0.1, 0.15) is 40.4 Å². The molecule has 1 aliphatic heterocycles. The molecular formula is C10H20N2O2. The van der Waals surface area contributed by atoms with E-state index in [-0.39, 0.29) is 0 Å². The van der Waals surface area contributed by atoms with Crippen LogP contribution in [0.5, 0.6) is 0 Å². The number of rotatable bonds is 0. The van der Waals surface area contributed by atoms with Crippen molar-refractivity contribution < 1.29 is 16.4 Å². The number of hydrogen-bond donors (Lipinski definition) is 1. The highest BCUT2D eigenvalue weighted by Crippen LogP contribution is 2.14. The number of nitrogens with two attached hydrogens (primary N) is 1. The van der Waals surface area contributed by atoms with Crippen LogP contribution >= 0.6 is 0 Å². The van der Waals surface area contributed by atoms with Crippen molar-refractivity contribution in [2.45, 2.75) is 45.1 Å². The molecule has 0 saturated carbocycles. The lowest BCUT2D eigenvalue weighted by Gasteiger charge is -2.32. The van der Waals surface area contributed by atoms with Gasteiger partial charge in [-0.2, -0.15) is 0 Å². The molecule has 0 bridgehead atoms. The predicted molar refractivity (Wildman–Crippen MR) is 55.0 cm³/mol. The smallest absolute Gasteiger partial charge is 0.410 e. The van der Waals surface area contributed by atoms with E-state index in [9.17, 15) is 4.79 Å². The van der Waals surface area contributed by atoms with Gasteiger partial charge >= 0.3 is 6.09 Å². The Balaban J connectivity index is 2.95. The molecule has 1 heterocycles. The molecule has 2 N–H and O–H groups in total. The van der Waals surface area contributed by atoms with Crippen LogP contribution in [0.25, 0.3) is 0 Å². The first-order chi connectivity index (χ1) is 8.20. The van der Waals surface area contributed by atoms with Crippen LogP contribution in [-0.4, -0.2) is 35.7 Å². The van der Waals surface area contributed by atoms with Gasteiger partial charge in [0.25, 0.3) is 0 Å². The predicted octanol–water partition coefficient (Wildman–Crippen LogP) is 1.34. The minimum absolute atomic E-state index is 0.471. The van der Waals surface area contributed by atoms with Crippen LogP contribution in [0.4, 0.5) is 4.79 Å². The molecule has 0 unspecified atom stereocenters. The zero-order valence-corrected chi connectivity index (χ0v) is 8.76. The van der Waals surface area contributed by atoms with Crippen LogP contribution in [-0.2, 0) is 4.74 Å². The molecule has 82 valence electrons. The zero-order chi connectivity index (χ0) is 15.3. The molecule has 0 radical (unpaired) electrons. The van der Waals surface area contributed by atoms with Gasteiger partial charge in [-0.25, -0.2) is 4.79 Å². The largest absolute Gasteiger partial charge is 0.444 e. The highest BCUT2D eigenvalue weighted by molar-refractivity contribution is 5.68. The Morgan fingerprint density at radius 3 is 2.50 bits per heavy atom. The number of amides is 1. The fourth-order valence-corrected chi connectivity index (χ4v) is 0.935. The van der Waals surface area contributed by atoms with E-state index in [2.05, 4.69) is 0 Å². The van der Waals surface area contributed by atoms with E-state index in [1.165, 1.54) is 0 Å². The van der Waals surface area contributed by atoms with E-state index in [1.807, 2.05) is 0 Å². The number of ether oxygens (including phenoxy) is 1. The molecule has 0 aromatic rings. The molecule has 0 aromatic heterocycles. The molecule has 4 nitrogen and oxygen atoms in total. The average Bonchev–Trinajstić information content (AvgIpc) is 2.10. The minimum atomic E-state index is -2.42. The summed E-state index contributed by atoms with van der Waals surface area (Å²) >= 11 is 0. The fraction of sp³-hybridized carbons (Fsp3) is 0.900. The number of nitrogens with zero attached hydrogens (tertiary/aromatic N) is 1. The summed E-state index contributed by atoms with van der Waals surface area (Å²) in [5.74, 6) is 0. The first kappa shape index (κ1) is 5.95. The Morgan fingerprint density at radius 1 is 1.57 bits per heavy atom. The lowest BCUT2D eigenvalue weighted by Crippen LogP contribution is -2.44. The number of carbonyl (C=O) groups excluding carboxylic acids is 1. The third-order valence-corrected chi connectivity index (χ3v) is 1.57. The van der Waals surface area contributed by atoms with E-state index in [0.29, 0.717) is 0 Å². The van der Waals surface area contributed by atoms with Gasteiger partial charge in [0.1, 0.15) is 5.60 Å². The SMILES string of the molecule is [2H]C1([2H])CN(C(=O)OC(C)(C)C)CC([2H])([2H])C1([2H])N. The zero-order valence-electron chi connectivity index (χ0n) is 13.8. The van der Waals surface area contributed by atoms with Gasteiger partial charge in [0.2, 0.25) is 0 Å². The number of carbonyl (C=O) groups is 1. The average molecular weight is 205 g/mol. The number of likely N-dealkylation sites (tertiary alicyclic amines) is 1. The first-order valence-corrected chi connectivity index (χ1v) is 4.46. The molecule has 1 amide bonds. The molecule has 0 atom stereocenters. The maximum absolute atomic E-state index is 11.9. The molecule has 1 rings (SSSR count). The second-order valence-electron chi connectivity index (χ2n) is 4.10. The Morgan fingerprint density at radius 2 is 2.07 bits per heavy atom. The second-order valence-corrected chi connectivity index (χ2v) is 4.10. The molecule has 1 fully saturated rings. The highest BCUT2D eigenvalue weighted by atomic mass is 16.6. The molecule has 0 spiro atoms. The molecule has 4 heteroatoms. The van der Waals surface area contributed by atoms with Gasteiger partial charge in [-0.05, 0) is 33.5 Å². The van der Waals surface area contributed by atoms with Crippen molar-refractivity contribution in [2.75, 3.05) is 13.1 Å². The highest BCUT2D eigenvalue weighted by Gasteiger charge is 2.25. The van der Waals surface area contributed by atoms with Gasteiger partial charge in [0, 0.05) is 26.0 Å². The summed E-state index contributed by atoms with van der Waals surface area (Å²) in [5, 5.41) is 0. The van der Waals surface area contributed by atoms with Gasteiger partial charge < -0.3 is 15.4 Å². The van der Waals surface area contributed by atoms with Crippen molar-refractivity contribution in [3.05, 3.63) is 0 Å². The van der Waals surface area contributed by atoms with Crippen LogP contribution in [0.3, 0.4) is 0 Å². The summed E-state index contributed by atoms with van der Waals surface area (Å²) in [7, 11) is 0. The lowest BCUT2D eigenvalue weighted by molar-refractivity contribution is 0.0207. The fourth-order valence-electron chi connectivity index (χ4n) is 0.935. The third kappa shape index (κ3) is 3.54. The van der Waals surface area contributed by atoms with Crippen molar-refractivity contribution in [2.24, 2.45) is 5.73 Å². The molecule has 0 aliphatic carbocycles. The van der Waals surface area contributed by atoms with E-state index in [1.54, 1.807) is 20.8 Å². The summed E-state index contributed by atoms with van der Waals surface area (Å²) in [6.45, 7) is 4.05. The first-order valence-electron chi connectivity index (χ1n) is 6.96. The summed E-state index contributed by atoms with van der Waals surface area (Å²) in [6.07, 6.45) is -5.55. The Kier molecular flexibility index (Phi) is 1.77. The summed E-state index contributed by atoms with van der Waals surface area (Å²) in [4.78, 5) is 12.8. The van der Waals surface area contributed by atoms with Gasteiger partial charge in [0.15, 0.2) is 0 Å². The standard InChI is InChI=1S/C10H20N2O2/c1-10(2,3)14-9(13)12-6-4-8(11)5-7-12/h8H,4-7,11H2,1-3H3/i4D2,5D2,8D. The lowest BCUT2D eigenvalue weighted by atomic mass is 10.1. The molecule has 14 heavy (non-hydrogen) atoms. The van der Waals surface area contributed by atoms with Gasteiger partial charge in [-0.1, -0.05) is 0 Å². The van der Waals surface area contributed by atoms with Crippen molar-refractivity contribution in [3.8, 4) is 0 Å². The van der Waals surface area contributed by atoms with Gasteiger partial charge in [0.05, 0.1) is 0 Å². The van der Waals surface area contributed by atoms with Crippen molar-refractivity contribution in [3.63, 3.8) is 0 Å².